The summed E-state index contributed by atoms with van der Waals surface area (Å²) in [4.78, 5) is 23.7. The van der Waals surface area contributed by atoms with Gasteiger partial charge < -0.3 is 10.1 Å². The predicted octanol–water partition coefficient (Wildman–Crippen LogP) is 4.17. The Hall–Kier alpha value is -3.45. The molecule has 0 saturated heterocycles. The first kappa shape index (κ1) is 20.3. The molecule has 0 aliphatic carbocycles. The van der Waals surface area contributed by atoms with Crippen molar-refractivity contribution in [2.75, 3.05) is 11.9 Å². The zero-order chi connectivity index (χ0) is 20.8. The third-order valence-corrected chi connectivity index (χ3v) is 4.27. The van der Waals surface area contributed by atoms with Crippen molar-refractivity contribution in [1.82, 2.24) is 9.78 Å². The number of hydrogen-bond acceptors (Lipinski definition) is 4. The molecule has 1 amide bonds. The molecule has 0 saturated carbocycles. The molecule has 0 unspecified atom stereocenters. The maximum absolute atomic E-state index is 13.1. The molecule has 29 heavy (non-hydrogen) atoms. The number of carbonyl (C=O) groups is 2. The van der Waals surface area contributed by atoms with E-state index in [2.05, 4.69) is 10.4 Å². The van der Waals surface area contributed by atoms with Gasteiger partial charge in [0.05, 0.1) is 11.4 Å². The van der Waals surface area contributed by atoms with Gasteiger partial charge in [-0.05, 0) is 49.4 Å². The number of anilines is 1. The Bertz CT molecular complexity index is 1050. The number of benzene rings is 2. The van der Waals surface area contributed by atoms with Gasteiger partial charge in [-0.1, -0.05) is 29.8 Å². The molecule has 0 atom stereocenters. The fraction of sp³-hybridized carbons (Fsp3) is 0.0952. The van der Waals surface area contributed by atoms with Crippen molar-refractivity contribution in [3.8, 4) is 5.69 Å². The molecule has 8 heteroatoms. The SMILES string of the molecule is Cc1nn(-c2ccc(F)cc2)c(Cl)c1/C=C/C(=O)OCC(=O)Nc1ccccc1. The fourth-order valence-electron chi connectivity index (χ4n) is 2.51. The number of halogens is 2. The minimum atomic E-state index is -0.696. The summed E-state index contributed by atoms with van der Waals surface area (Å²) in [7, 11) is 0. The van der Waals surface area contributed by atoms with Gasteiger partial charge in [0.1, 0.15) is 11.0 Å². The second-order valence-electron chi connectivity index (χ2n) is 6.03. The molecule has 0 fully saturated rings. The molecule has 0 bridgehead atoms. The molecule has 3 rings (SSSR count). The minimum Gasteiger partial charge on any atom is -0.452 e. The van der Waals surface area contributed by atoms with Crippen molar-refractivity contribution in [2.24, 2.45) is 0 Å². The summed E-state index contributed by atoms with van der Waals surface area (Å²) < 4.78 is 19.5. The van der Waals surface area contributed by atoms with Crippen LogP contribution < -0.4 is 5.32 Å². The monoisotopic (exact) mass is 413 g/mol. The number of esters is 1. The van der Waals surface area contributed by atoms with Crippen LogP contribution in [0.1, 0.15) is 11.3 Å². The molecule has 0 aliphatic heterocycles. The van der Waals surface area contributed by atoms with Gasteiger partial charge in [0.15, 0.2) is 6.61 Å². The number of carbonyl (C=O) groups excluding carboxylic acids is 2. The first-order chi connectivity index (χ1) is 13.9. The molecular formula is C21H17ClFN3O3. The van der Waals surface area contributed by atoms with E-state index in [0.29, 0.717) is 22.6 Å². The van der Waals surface area contributed by atoms with E-state index < -0.39 is 18.5 Å². The molecular weight excluding hydrogens is 397 g/mol. The zero-order valence-corrected chi connectivity index (χ0v) is 16.2. The highest BCUT2D eigenvalue weighted by atomic mass is 35.5. The average Bonchev–Trinajstić information content (AvgIpc) is 3.00. The van der Waals surface area contributed by atoms with E-state index in [-0.39, 0.29) is 11.0 Å². The summed E-state index contributed by atoms with van der Waals surface area (Å²) >= 11 is 6.34. The predicted molar refractivity (Wildman–Crippen MR) is 108 cm³/mol. The number of para-hydroxylation sites is 1. The first-order valence-corrected chi connectivity index (χ1v) is 9.02. The smallest absolute Gasteiger partial charge is 0.331 e. The van der Waals surface area contributed by atoms with Crippen LogP contribution in [0.2, 0.25) is 5.15 Å². The highest BCUT2D eigenvalue weighted by molar-refractivity contribution is 6.31. The minimum absolute atomic E-state index is 0.264. The van der Waals surface area contributed by atoms with Gasteiger partial charge in [0.2, 0.25) is 0 Å². The van der Waals surface area contributed by atoms with E-state index in [1.54, 1.807) is 43.3 Å². The topological polar surface area (TPSA) is 73.2 Å². The van der Waals surface area contributed by atoms with Crippen LogP contribution in [-0.2, 0) is 14.3 Å². The second kappa shape index (κ2) is 9.16. The summed E-state index contributed by atoms with van der Waals surface area (Å²) in [5.74, 6) is -1.51. The number of amides is 1. The Morgan fingerprint density at radius 1 is 1.17 bits per heavy atom. The summed E-state index contributed by atoms with van der Waals surface area (Å²) in [5.41, 5.74) is 2.28. The molecule has 1 heterocycles. The molecule has 0 aliphatic rings. The van der Waals surface area contributed by atoms with E-state index in [0.717, 1.165) is 0 Å². The molecule has 0 spiro atoms. The number of nitrogens with zero attached hydrogens (tertiary/aromatic N) is 2. The maximum atomic E-state index is 13.1. The second-order valence-corrected chi connectivity index (χ2v) is 6.39. The van der Waals surface area contributed by atoms with Gasteiger partial charge >= 0.3 is 5.97 Å². The largest absolute Gasteiger partial charge is 0.452 e. The van der Waals surface area contributed by atoms with Crippen molar-refractivity contribution in [3.63, 3.8) is 0 Å². The van der Waals surface area contributed by atoms with Crippen molar-refractivity contribution in [3.05, 3.63) is 82.9 Å². The van der Waals surface area contributed by atoms with Crippen LogP contribution in [0.25, 0.3) is 11.8 Å². The molecule has 3 aromatic rings. The van der Waals surface area contributed by atoms with Crippen LogP contribution >= 0.6 is 11.6 Å². The van der Waals surface area contributed by atoms with Gasteiger partial charge in [-0.2, -0.15) is 5.10 Å². The Labute approximate surface area is 171 Å². The van der Waals surface area contributed by atoms with Crippen LogP contribution in [0.15, 0.2) is 60.7 Å². The standard InChI is InChI=1S/C21H17ClFN3O3/c1-14-18(21(22)26(25-14)17-9-7-15(23)8-10-17)11-12-20(28)29-13-19(27)24-16-5-3-2-4-6-16/h2-12H,13H2,1H3,(H,24,27)/b12-11+. The highest BCUT2D eigenvalue weighted by Crippen LogP contribution is 2.24. The lowest BCUT2D eigenvalue weighted by Gasteiger charge is -2.04. The summed E-state index contributed by atoms with van der Waals surface area (Å²) in [6.07, 6.45) is 2.63. The third kappa shape index (κ3) is 5.30. The van der Waals surface area contributed by atoms with E-state index in [9.17, 15) is 14.0 Å². The number of ether oxygens (including phenoxy) is 1. The Morgan fingerprint density at radius 3 is 2.55 bits per heavy atom. The number of aromatic nitrogens is 2. The van der Waals surface area contributed by atoms with Gasteiger partial charge in [0.25, 0.3) is 5.91 Å². The summed E-state index contributed by atoms with van der Waals surface area (Å²) in [6.45, 7) is 1.31. The van der Waals surface area contributed by atoms with Crippen LogP contribution in [-0.4, -0.2) is 28.3 Å². The van der Waals surface area contributed by atoms with Crippen molar-refractivity contribution in [2.45, 2.75) is 6.92 Å². The van der Waals surface area contributed by atoms with Crippen molar-refractivity contribution >= 4 is 35.2 Å². The lowest BCUT2D eigenvalue weighted by atomic mass is 10.2. The number of rotatable bonds is 6. The van der Waals surface area contributed by atoms with Gasteiger partial charge in [-0.3, -0.25) is 4.79 Å². The van der Waals surface area contributed by atoms with E-state index in [1.807, 2.05) is 6.07 Å². The van der Waals surface area contributed by atoms with Gasteiger partial charge in [0, 0.05) is 17.3 Å². The van der Waals surface area contributed by atoms with Crippen LogP contribution in [0.3, 0.4) is 0 Å². The lowest BCUT2D eigenvalue weighted by Crippen LogP contribution is -2.20. The zero-order valence-electron chi connectivity index (χ0n) is 15.4. The van der Waals surface area contributed by atoms with Crippen LogP contribution in [0, 0.1) is 12.7 Å². The fourth-order valence-corrected chi connectivity index (χ4v) is 2.84. The van der Waals surface area contributed by atoms with E-state index in [1.165, 1.54) is 29.0 Å². The molecule has 1 N–H and O–H groups in total. The number of aryl methyl sites for hydroxylation is 1. The Morgan fingerprint density at radius 2 is 1.86 bits per heavy atom. The van der Waals surface area contributed by atoms with Gasteiger partial charge in [-0.15, -0.1) is 0 Å². The van der Waals surface area contributed by atoms with Crippen LogP contribution in [0.4, 0.5) is 10.1 Å². The highest BCUT2D eigenvalue weighted by Gasteiger charge is 2.13. The lowest BCUT2D eigenvalue weighted by molar-refractivity contribution is -0.142. The normalized spacial score (nSPS) is 10.9. The summed E-state index contributed by atoms with van der Waals surface area (Å²) in [6, 6.07) is 14.5. The Kier molecular flexibility index (Phi) is 6.41. The number of nitrogens with one attached hydrogen (secondary N) is 1. The number of hydrogen-bond donors (Lipinski definition) is 1. The quantitative estimate of drug-likeness (QED) is 0.486. The third-order valence-electron chi connectivity index (χ3n) is 3.91. The van der Waals surface area contributed by atoms with E-state index in [4.69, 9.17) is 16.3 Å². The maximum Gasteiger partial charge on any atom is 0.331 e. The Balaban J connectivity index is 1.61. The molecule has 0 radical (unpaired) electrons. The van der Waals surface area contributed by atoms with E-state index >= 15 is 0 Å². The van der Waals surface area contributed by atoms with Crippen molar-refractivity contribution < 1.29 is 18.7 Å². The summed E-state index contributed by atoms with van der Waals surface area (Å²) in [5, 5.41) is 7.18. The first-order valence-electron chi connectivity index (χ1n) is 8.65. The average molecular weight is 414 g/mol. The van der Waals surface area contributed by atoms with Gasteiger partial charge in [-0.25, -0.2) is 13.9 Å². The molecule has 148 valence electrons. The molecule has 1 aromatic heterocycles. The van der Waals surface area contributed by atoms with Crippen LogP contribution in [0.5, 0.6) is 0 Å². The molecule has 6 nitrogen and oxygen atoms in total. The van der Waals surface area contributed by atoms with Crippen molar-refractivity contribution in [1.29, 1.82) is 0 Å². The molecule has 2 aromatic carbocycles.